The van der Waals surface area contributed by atoms with E-state index in [1.165, 1.54) is 32.4 Å². The van der Waals surface area contributed by atoms with E-state index >= 15 is 0 Å². The van der Waals surface area contributed by atoms with Gasteiger partial charge in [-0.05, 0) is 47.5 Å². The van der Waals surface area contributed by atoms with Crippen LogP contribution < -0.4 is 14.8 Å². The Hall–Kier alpha value is -2.77. The summed E-state index contributed by atoms with van der Waals surface area (Å²) in [5.41, 5.74) is -3.20. The Morgan fingerprint density at radius 1 is 0.971 bits per heavy atom. The number of carbonyl (C=O) groups excluding carboxylic acids is 1. The SMILES string of the molecule is COCCOc1c(OC)cc(/C=C2\SC(=S)NC2=O)cc1-c1cc(C(F)(F)F)cc(C(F)(F)F)c1. The van der Waals surface area contributed by atoms with E-state index in [9.17, 15) is 31.1 Å². The fraction of sp³-hybridized carbons (Fsp3) is 0.273. The highest BCUT2D eigenvalue weighted by molar-refractivity contribution is 8.26. The Morgan fingerprint density at radius 2 is 1.60 bits per heavy atom. The van der Waals surface area contributed by atoms with Gasteiger partial charge < -0.3 is 19.5 Å². The molecular weight excluding hydrogens is 520 g/mol. The van der Waals surface area contributed by atoms with Gasteiger partial charge in [-0.3, -0.25) is 4.79 Å². The van der Waals surface area contributed by atoms with Crippen molar-refractivity contribution in [3.8, 4) is 22.6 Å². The summed E-state index contributed by atoms with van der Waals surface area (Å²) in [6.45, 7) is 0.0386. The molecule has 5 nitrogen and oxygen atoms in total. The summed E-state index contributed by atoms with van der Waals surface area (Å²) in [6.07, 6.45) is -8.68. The Balaban J connectivity index is 2.27. The summed E-state index contributed by atoms with van der Waals surface area (Å²) < 4.78 is 96.9. The number of methoxy groups -OCH3 is 2. The van der Waals surface area contributed by atoms with E-state index < -0.39 is 35.0 Å². The molecule has 1 aliphatic rings. The zero-order chi connectivity index (χ0) is 26.0. The number of nitrogens with one attached hydrogen (secondary N) is 1. The summed E-state index contributed by atoms with van der Waals surface area (Å²) in [7, 11) is 2.66. The normalized spacial score (nSPS) is 15.5. The maximum absolute atomic E-state index is 13.5. The third kappa shape index (κ3) is 6.47. The third-order valence-corrected chi connectivity index (χ3v) is 5.83. The summed E-state index contributed by atoms with van der Waals surface area (Å²) in [5.74, 6) is -0.542. The lowest BCUT2D eigenvalue weighted by molar-refractivity contribution is -0.143. The molecule has 0 unspecified atom stereocenters. The average molecular weight is 538 g/mol. The van der Waals surface area contributed by atoms with E-state index in [4.69, 9.17) is 26.4 Å². The number of ether oxygens (including phenoxy) is 3. The predicted octanol–water partition coefficient (Wildman–Crippen LogP) is 5.91. The molecule has 1 amide bonds. The number of rotatable bonds is 7. The fourth-order valence-electron chi connectivity index (χ4n) is 3.13. The Bertz CT molecular complexity index is 1150. The van der Waals surface area contributed by atoms with Crippen LogP contribution in [0, 0.1) is 0 Å². The molecule has 0 bridgehead atoms. The highest BCUT2D eigenvalue weighted by Gasteiger charge is 2.37. The van der Waals surface area contributed by atoms with Gasteiger partial charge in [-0.1, -0.05) is 24.0 Å². The van der Waals surface area contributed by atoms with Crippen molar-refractivity contribution in [3.63, 3.8) is 0 Å². The van der Waals surface area contributed by atoms with Gasteiger partial charge >= 0.3 is 12.4 Å². The zero-order valence-corrected chi connectivity index (χ0v) is 19.7. The maximum Gasteiger partial charge on any atom is 0.416 e. The van der Waals surface area contributed by atoms with E-state index in [1.54, 1.807) is 0 Å². The number of carbonyl (C=O) groups is 1. The van der Waals surface area contributed by atoms with Crippen LogP contribution in [0.4, 0.5) is 26.3 Å². The van der Waals surface area contributed by atoms with Crippen molar-refractivity contribution in [2.45, 2.75) is 12.4 Å². The van der Waals surface area contributed by atoms with Gasteiger partial charge in [-0.2, -0.15) is 26.3 Å². The van der Waals surface area contributed by atoms with Crippen molar-refractivity contribution in [2.75, 3.05) is 27.4 Å². The molecule has 2 aromatic rings. The number of thioether (sulfide) groups is 1. The number of hydrogen-bond donors (Lipinski definition) is 1. The number of thiocarbonyl (C=S) groups is 1. The van der Waals surface area contributed by atoms with Gasteiger partial charge in [0.15, 0.2) is 11.5 Å². The molecule has 0 radical (unpaired) electrons. The molecule has 0 saturated carbocycles. The Kier molecular flexibility index (Phi) is 8.02. The lowest BCUT2D eigenvalue weighted by Crippen LogP contribution is -2.17. The quantitative estimate of drug-likeness (QED) is 0.205. The first kappa shape index (κ1) is 26.8. The molecule has 0 aliphatic carbocycles. The number of amides is 1. The van der Waals surface area contributed by atoms with Gasteiger partial charge in [0, 0.05) is 12.7 Å². The molecule has 1 fully saturated rings. The van der Waals surface area contributed by atoms with Gasteiger partial charge in [0.05, 0.1) is 29.7 Å². The Morgan fingerprint density at radius 3 is 2.09 bits per heavy atom. The topological polar surface area (TPSA) is 56.8 Å². The molecule has 188 valence electrons. The van der Waals surface area contributed by atoms with Gasteiger partial charge in [-0.25, -0.2) is 0 Å². The second-order valence-corrected chi connectivity index (χ2v) is 8.81. The Labute approximate surface area is 205 Å². The minimum Gasteiger partial charge on any atom is -0.493 e. The lowest BCUT2D eigenvalue weighted by Gasteiger charge is -2.19. The van der Waals surface area contributed by atoms with Crippen LogP contribution in [0.15, 0.2) is 35.2 Å². The number of halogens is 6. The van der Waals surface area contributed by atoms with Crippen LogP contribution in [0.1, 0.15) is 16.7 Å². The van der Waals surface area contributed by atoms with Crippen molar-refractivity contribution in [3.05, 3.63) is 51.9 Å². The van der Waals surface area contributed by atoms with Crippen molar-refractivity contribution < 1.29 is 45.3 Å². The van der Waals surface area contributed by atoms with Crippen molar-refractivity contribution >= 4 is 40.3 Å². The molecular formula is C22H17F6NO4S2. The fourth-order valence-corrected chi connectivity index (χ4v) is 4.18. The second-order valence-electron chi connectivity index (χ2n) is 7.09. The lowest BCUT2D eigenvalue weighted by atomic mass is 9.96. The first-order valence-electron chi connectivity index (χ1n) is 9.72. The standard InChI is InChI=1S/C22H17F6NO4S2/c1-31-3-4-33-18-15(12-8-13(21(23,24)25)10-14(9-12)22(26,27)28)5-11(6-16(18)32-2)7-17-19(30)29-20(34)35-17/h5-10H,3-4H2,1-2H3,(H,29,30,34)/b17-7-. The van der Waals surface area contributed by atoms with E-state index in [-0.39, 0.29) is 51.1 Å². The summed E-state index contributed by atoms with van der Waals surface area (Å²) in [4.78, 5) is 12.2. The monoisotopic (exact) mass is 537 g/mol. The van der Waals surface area contributed by atoms with Gasteiger partial charge in [0.25, 0.3) is 5.91 Å². The predicted molar refractivity (Wildman–Crippen MR) is 122 cm³/mol. The largest absolute Gasteiger partial charge is 0.493 e. The zero-order valence-electron chi connectivity index (χ0n) is 18.1. The molecule has 1 saturated heterocycles. The third-order valence-electron chi connectivity index (χ3n) is 4.67. The first-order chi connectivity index (χ1) is 16.3. The molecule has 0 atom stereocenters. The van der Waals surface area contributed by atoms with Gasteiger partial charge in [0.2, 0.25) is 0 Å². The molecule has 0 aromatic heterocycles. The molecule has 2 aromatic carbocycles. The number of benzene rings is 2. The van der Waals surface area contributed by atoms with Crippen LogP contribution >= 0.6 is 24.0 Å². The van der Waals surface area contributed by atoms with E-state index in [1.807, 2.05) is 0 Å². The van der Waals surface area contributed by atoms with Crippen molar-refractivity contribution in [2.24, 2.45) is 0 Å². The molecule has 13 heteroatoms. The van der Waals surface area contributed by atoms with E-state index in [2.05, 4.69) is 5.32 Å². The van der Waals surface area contributed by atoms with E-state index in [0.717, 1.165) is 11.8 Å². The highest BCUT2D eigenvalue weighted by Crippen LogP contribution is 2.44. The molecule has 0 spiro atoms. The van der Waals surface area contributed by atoms with Crippen LogP contribution in [0.25, 0.3) is 17.2 Å². The smallest absolute Gasteiger partial charge is 0.416 e. The minimum absolute atomic E-state index is 0.0300. The summed E-state index contributed by atoms with van der Waals surface area (Å²) in [6, 6.07) is 3.97. The average Bonchev–Trinajstić information content (AvgIpc) is 3.09. The first-order valence-corrected chi connectivity index (χ1v) is 10.9. The van der Waals surface area contributed by atoms with Crippen LogP contribution in [0.3, 0.4) is 0 Å². The summed E-state index contributed by atoms with van der Waals surface area (Å²) >= 11 is 5.90. The van der Waals surface area contributed by atoms with Gasteiger partial charge in [0.1, 0.15) is 10.9 Å². The molecule has 1 N–H and O–H groups in total. The molecule has 3 rings (SSSR count). The molecule has 35 heavy (non-hydrogen) atoms. The van der Waals surface area contributed by atoms with Crippen molar-refractivity contribution in [1.29, 1.82) is 0 Å². The van der Waals surface area contributed by atoms with Crippen molar-refractivity contribution in [1.82, 2.24) is 5.32 Å². The van der Waals surface area contributed by atoms with Gasteiger partial charge in [-0.15, -0.1) is 0 Å². The van der Waals surface area contributed by atoms with E-state index in [0.29, 0.717) is 12.1 Å². The number of hydrogen-bond acceptors (Lipinski definition) is 6. The van der Waals surface area contributed by atoms with Crippen LogP contribution in [-0.4, -0.2) is 37.7 Å². The molecule has 1 aliphatic heterocycles. The molecule has 1 heterocycles. The van der Waals surface area contributed by atoms with Crippen LogP contribution in [-0.2, 0) is 21.9 Å². The highest BCUT2D eigenvalue weighted by atomic mass is 32.2. The minimum atomic E-state index is -5.04. The number of alkyl halides is 6. The summed E-state index contributed by atoms with van der Waals surface area (Å²) in [5, 5.41) is 2.42. The van der Waals surface area contributed by atoms with Crippen LogP contribution in [0.5, 0.6) is 11.5 Å². The second kappa shape index (κ2) is 10.5. The maximum atomic E-state index is 13.5. The van der Waals surface area contributed by atoms with Crippen LogP contribution in [0.2, 0.25) is 0 Å².